The molecule has 0 atom stereocenters. The third-order valence-corrected chi connectivity index (χ3v) is 3.69. The van der Waals surface area contributed by atoms with Crippen molar-refractivity contribution in [3.63, 3.8) is 0 Å². The maximum Gasteiger partial charge on any atom is 0.387 e. The van der Waals surface area contributed by atoms with E-state index in [0.29, 0.717) is 27.8 Å². The van der Waals surface area contributed by atoms with Gasteiger partial charge in [-0.05, 0) is 29.8 Å². The molecule has 0 aliphatic carbocycles. The van der Waals surface area contributed by atoms with Gasteiger partial charge in [-0.1, -0.05) is 12.1 Å². The number of halogens is 2. The van der Waals surface area contributed by atoms with Gasteiger partial charge in [0.2, 0.25) is 0 Å². The van der Waals surface area contributed by atoms with Gasteiger partial charge in [0.25, 0.3) is 0 Å². The number of alkyl halides is 2. The van der Waals surface area contributed by atoms with Crippen LogP contribution in [0.2, 0.25) is 0 Å². The lowest BCUT2D eigenvalue weighted by atomic mass is 10.1. The van der Waals surface area contributed by atoms with Crippen LogP contribution in [-0.4, -0.2) is 11.2 Å². The molecule has 1 heterocycles. The highest BCUT2D eigenvalue weighted by Gasteiger charge is 2.17. The molecule has 0 bridgehead atoms. The minimum atomic E-state index is -2.89. The van der Waals surface area contributed by atoms with E-state index in [1.54, 1.807) is 29.8 Å². The number of aryl methyl sites for hydroxylation is 1. The summed E-state index contributed by atoms with van der Waals surface area (Å²) in [4.78, 5) is 0. The van der Waals surface area contributed by atoms with E-state index >= 15 is 0 Å². The van der Waals surface area contributed by atoms with Crippen LogP contribution < -0.4 is 10.5 Å². The summed E-state index contributed by atoms with van der Waals surface area (Å²) in [5, 5.41) is 10.2. The van der Waals surface area contributed by atoms with E-state index in [4.69, 9.17) is 5.73 Å². The van der Waals surface area contributed by atoms with Gasteiger partial charge in [0.15, 0.2) is 0 Å². The summed E-state index contributed by atoms with van der Waals surface area (Å²) in [7, 11) is 1.78. The molecule has 0 radical (unpaired) electrons. The number of hydrogen-bond acceptors (Lipinski definition) is 3. The number of hydrogen-bond donors (Lipinski definition) is 1. The third-order valence-electron chi connectivity index (χ3n) is 3.69. The molecular weight excluding hydrogens is 300 g/mol. The lowest BCUT2D eigenvalue weighted by Gasteiger charge is -2.07. The molecule has 0 amide bonds. The Bertz CT molecular complexity index is 908. The largest absolute Gasteiger partial charge is 0.435 e. The highest BCUT2D eigenvalue weighted by Crippen LogP contribution is 2.34. The molecule has 0 fully saturated rings. The van der Waals surface area contributed by atoms with Gasteiger partial charge in [-0.25, -0.2) is 0 Å². The van der Waals surface area contributed by atoms with Crippen LogP contribution in [0.1, 0.15) is 5.56 Å². The SMILES string of the molecule is Cn1c(-c2ccc(N)cc2)c(C#N)c2ccc(OC(F)F)cc21. The Hall–Kier alpha value is -3.07. The Morgan fingerprint density at radius 2 is 1.87 bits per heavy atom. The van der Waals surface area contributed by atoms with Crippen molar-refractivity contribution in [3.8, 4) is 23.1 Å². The molecule has 0 unspecified atom stereocenters. The first-order valence-corrected chi connectivity index (χ1v) is 6.84. The molecule has 6 heteroatoms. The molecule has 1 aromatic heterocycles. The summed E-state index contributed by atoms with van der Waals surface area (Å²) in [5.74, 6) is 0.0569. The van der Waals surface area contributed by atoms with Crippen LogP contribution in [0.4, 0.5) is 14.5 Å². The van der Waals surface area contributed by atoms with Gasteiger partial charge in [-0.2, -0.15) is 14.0 Å². The molecule has 2 aromatic carbocycles. The summed E-state index contributed by atoms with van der Waals surface area (Å²) in [5.41, 5.74) is 8.98. The number of ether oxygens (including phenoxy) is 1. The van der Waals surface area contributed by atoms with E-state index in [-0.39, 0.29) is 5.75 Å². The maximum absolute atomic E-state index is 12.4. The molecular formula is C17H13F2N3O. The van der Waals surface area contributed by atoms with Crippen molar-refractivity contribution in [2.24, 2.45) is 7.05 Å². The predicted molar refractivity (Wildman–Crippen MR) is 84.1 cm³/mol. The topological polar surface area (TPSA) is 64.0 Å². The number of rotatable bonds is 3. The number of anilines is 1. The highest BCUT2D eigenvalue weighted by atomic mass is 19.3. The first kappa shape index (κ1) is 14.9. The number of benzene rings is 2. The van der Waals surface area contributed by atoms with Gasteiger partial charge in [-0.15, -0.1) is 0 Å². The zero-order chi connectivity index (χ0) is 16.6. The van der Waals surface area contributed by atoms with Crippen molar-refractivity contribution in [1.29, 1.82) is 5.26 Å². The Kier molecular flexibility index (Phi) is 3.62. The molecule has 23 heavy (non-hydrogen) atoms. The lowest BCUT2D eigenvalue weighted by Crippen LogP contribution is -2.01. The molecule has 4 nitrogen and oxygen atoms in total. The van der Waals surface area contributed by atoms with E-state index in [0.717, 1.165) is 5.56 Å². The van der Waals surface area contributed by atoms with Crippen LogP contribution in [0.25, 0.3) is 22.2 Å². The van der Waals surface area contributed by atoms with Crippen molar-refractivity contribution in [2.75, 3.05) is 5.73 Å². The van der Waals surface area contributed by atoms with Crippen molar-refractivity contribution in [2.45, 2.75) is 6.61 Å². The van der Waals surface area contributed by atoms with Gasteiger partial charge < -0.3 is 15.0 Å². The molecule has 0 saturated heterocycles. The molecule has 0 spiro atoms. The number of nitrogens with two attached hydrogens (primary N) is 1. The molecule has 2 N–H and O–H groups in total. The van der Waals surface area contributed by atoms with Crippen LogP contribution in [0.3, 0.4) is 0 Å². The van der Waals surface area contributed by atoms with Crippen LogP contribution >= 0.6 is 0 Å². The van der Waals surface area contributed by atoms with Crippen molar-refractivity contribution in [3.05, 3.63) is 48.0 Å². The fourth-order valence-electron chi connectivity index (χ4n) is 2.68. The fourth-order valence-corrected chi connectivity index (χ4v) is 2.68. The van der Waals surface area contributed by atoms with Crippen LogP contribution in [-0.2, 0) is 7.05 Å². The average Bonchev–Trinajstić information content (AvgIpc) is 2.80. The molecule has 0 aliphatic heterocycles. The normalized spacial score (nSPS) is 10.9. The number of nitriles is 1. The van der Waals surface area contributed by atoms with Crippen LogP contribution in [0, 0.1) is 11.3 Å². The van der Waals surface area contributed by atoms with Crippen LogP contribution in [0.15, 0.2) is 42.5 Å². The Morgan fingerprint density at radius 3 is 2.48 bits per heavy atom. The second kappa shape index (κ2) is 5.61. The number of nitrogens with zero attached hydrogens (tertiary/aromatic N) is 2. The minimum absolute atomic E-state index is 0.0569. The Morgan fingerprint density at radius 1 is 1.17 bits per heavy atom. The van der Waals surface area contributed by atoms with E-state index in [9.17, 15) is 14.0 Å². The van der Waals surface area contributed by atoms with E-state index in [1.165, 1.54) is 12.1 Å². The molecule has 0 saturated carbocycles. The first-order chi connectivity index (χ1) is 11.0. The van der Waals surface area contributed by atoms with Gasteiger partial charge in [0.05, 0.1) is 16.8 Å². The Balaban J connectivity index is 2.24. The number of aromatic nitrogens is 1. The molecule has 3 aromatic rings. The van der Waals surface area contributed by atoms with Gasteiger partial charge >= 0.3 is 6.61 Å². The van der Waals surface area contributed by atoms with E-state index in [1.807, 2.05) is 12.1 Å². The summed E-state index contributed by atoms with van der Waals surface area (Å²) in [6.45, 7) is -2.89. The maximum atomic E-state index is 12.4. The third kappa shape index (κ3) is 2.57. The molecule has 3 rings (SSSR count). The first-order valence-electron chi connectivity index (χ1n) is 6.84. The van der Waals surface area contributed by atoms with E-state index in [2.05, 4.69) is 10.8 Å². The van der Waals surface area contributed by atoms with Gasteiger partial charge in [0.1, 0.15) is 11.8 Å². The van der Waals surface area contributed by atoms with Crippen molar-refractivity contribution >= 4 is 16.6 Å². The van der Waals surface area contributed by atoms with Crippen LogP contribution in [0.5, 0.6) is 5.75 Å². The average molecular weight is 313 g/mol. The van der Waals surface area contributed by atoms with Gasteiger partial charge in [-0.3, -0.25) is 0 Å². The summed E-state index contributed by atoms with van der Waals surface area (Å²) in [6.07, 6.45) is 0. The quantitative estimate of drug-likeness (QED) is 0.746. The minimum Gasteiger partial charge on any atom is -0.435 e. The summed E-state index contributed by atoms with van der Waals surface area (Å²) >= 11 is 0. The lowest BCUT2D eigenvalue weighted by molar-refractivity contribution is -0.0497. The van der Waals surface area contributed by atoms with E-state index < -0.39 is 6.61 Å². The van der Waals surface area contributed by atoms with Gasteiger partial charge in [0, 0.05) is 24.2 Å². The molecule has 116 valence electrons. The standard InChI is InChI=1S/C17H13F2N3O/c1-22-15-8-12(23-17(18)19)6-7-13(15)14(9-20)16(22)10-2-4-11(21)5-3-10/h2-8,17H,21H2,1H3. The fraction of sp³-hybridized carbons (Fsp3) is 0.118. The zero-order valence-electron chi connectivity index (χ0n) is 12.3. The predicted octanol–water partition coefficient (Wildman–Crippen LogP) is 3.90. The number of nitrogen functional groups attached to an aromatic ring is 1. The number of fused-ring (bicyclic) bond motifs is 1. The monoisotopic (exact) mass is 313 g/mol. The second-order valence-corrected chi connectivity index (χ2v) is 5.07. The smallest absolute Gasteiger partial charge is 0.387 e. The highest BCUT2D eigenvalue weighted by molar-refractivity contribution is 5.95. The molecule has 0 aliphatic rings. The zero-order valence-corrected chi connectivity index (χ0v) is 12.3. The van der Waals surface area contributed by atoms with Crippen molar-refractivity contribution in [1.82, 2.24) is 4.57 Å². The summed E-state index contributed by atoms with van der Waals surface area (Å²) < 4.78 is 31.0. The second-order valence-electron chi connectivity index (χ2n) is 5.07. The van der Waals surface area contributed by atoms with Crippen molar-refractivity contribution < 1.29 is 13.5 Å². The Labute approximate surface area is 131 Å². The summed E-state index contributed by atoms with van der Waals surface area (Å²) in [6, 6.07) is 13.9.